The molecule has 0 heterocycles. The maximum Gasteiger partial charge on any atom is 0.191 e. The van der Waals surface area contributed by atoms with E-state index in [2.05, 4.69) is 4.99 Å². The molecule has 0 saturated heterocycles. The molecule has 0 fully saturated rings. The van der Waals surface area contributed by atoms with Gasteiger partial charge >= 0.3 is 0 Å². The molecule has 4 N–H and O–H groups in total. The molecule has 0 unspecified atom stereocenters. The molecule has 0 radical (unpaired) electrons. The van der Waals surface area contributed by atoms with Crippen LogP contribution < -0.4 is 11.5 Å². The Morgan fingerprint density at radius 1 is 1.15 bits per heavy atom. The summed E-state index contributed by atoms with van der Waals surface area (Å²) in [5.41, 5.74) is 10.7. The van der Waals surface area contributed by atoms with Gasteiger partial charge < -0.3 is 11.5 Å². The Morgan fingerprint density at radius 3 is 2.00 bits per heavy atom. The van der Waals surface area contributed by atoms with Crippen LogP contribution in [0.25, 0.3) is 0 Å². The van der Waals surface area contributed by atoms with Gasteiger partial charge in [0.05, 0.1) is 10.0 Å². The van der Waals surface area contributed by atoms with Crippen molar-refractivity contribution in [3.8, 4) is 0 Å². The van der Waals surface area contributed by atoms with Crippen molar-refractivity contribution in [1.29, 1.82) is 0 Å². The summed E-state index contributed by atoms with van der Waals surface area (Å²) in [7, 11) is 0. The van der Waals surface area contributed by atoms with Crippen molar-refractivity contribution in [1.82, 2.24) is 0 Å². The number of aliphatic imine (C=N–C) groups is 1. The molecule has 0 aromatic heterocycles. The van der Waals surface area contributed by atoms with E-state index >= 15 is 0 Å². The van der Waals surface area contributed by atoms with Crippen molar-refractivity contribution in [3.63, 3.8) is 0 Å². The molecular formula is C7H8Cl2IN3. The number of rotatable bonds is 1. The van der Waals surface area contributed by atoms with Crippen LogP contribution in [0, 0.1) is 0 Å². The topological polar surface area (TPSA) is 64.4 Å². The first-order valence-electron chi connectivity index (χ1n) is 3.15. The lowest BCUT2D eigenvalue weighted by atomic mass is 10.3. The molecule has 0 aliphatic heterocycles. The van der Waals surface area contributed by atoms with Crippen molar-refractivity contribution in [2.75, 3.05) is 0 Å². The molecule has 0 aliphatic carbocycles. The second-order valence-electron chi connectivity index (χ2n) is 2.11. The van der Waals surface area contributed by atoms with Crippen LogP contribution in [0.4, 0.5) is 5.69 Å². The number of hydrogen-bond acceptors (Lipinski definition) is 1. The summed E-state index contributed by atoms with van der Waals surface area (Å²) in [4.78, 5) is 3.77. The molecule has 1 rings (SSSR count). The molecule has 3 nitrogen and oxygen atoms in total. The number of nitrogens with zero attached hydrogens (tertiary/aromatic N) is 1. The Hall–Kier alpha value is -0.200. The minimum Gasteiger partial charge on any atom is -0.370 e. The van der Waals surface area contributed by atoms with Crippen LogP contribution in [0.3, 0.4) is 0 Å². The second kappa shape index (κ2) is 5.51. The quantitative estimate of drug-likeness (QED) is 0.472. The fourth-order valence-corrected chi connectivity index (χ4v) is 1.21. The number of benzene rings is 1. The van der Waals surface area contributed by atoms with Crippen molar-refractivity contribution >= 4 is 58.8 Å². The Kier molecular flexibility index (Phi) is 5.43. The van der Waals surface area contributed by atoms with E-state index in [9.17, 15) is 0 Å². The van der Waals surface area contributed by atoms with E-state index in [0.29, 0.717) is 15.7 Å². The summed E-state index contributed by atoms with van der Waals surface area (Å²) in [6.45, 7) is 0. The van der Waals surface area contributed by atoms with E-state index in [1.165, 1.54) is 0 Å². The van der Waals surface area contributed by atoms with E-state index in [1.807, 2.05) is 0 Å². The monoisotopic (exact) mass is 331 g/mol. The summed E-state index contributed by atoms with van der Waals surface area (Å²) >= 11 is 11.5. The van der Waals surface area contributed by atoms with Gasteiger partial charge in [0, 0.05) is 0 Å². The Bertz CT molecular complexity index is 303. The van der Waals surface area contributed by atoms with Crippen LogP contribution in [0.5, 0.6) is 0 Å². The molecule has 0 amide bonds. The van der Waals surface area contributed by atoms with Gasteiger partial charge in [0.1, 0.15) is 5.69 Å². The van der Waals surface area contributed by atoms with Crippen molar-refractivity contribution in [2.24, 2.45) is 16.5 Å². The van der Waals surface area contributed by atoms with Gasteiger partial charge in [0.25, 0.3) is 0 Å². The zero-order valence-electron chi connectivity index (χ0n) is 6.50. The van der Waals surface area contributed by atoms with Crippen molar-refractivity contribution in [3.05, 3.63) is 28.2 Å². The average molecular weight is 332 g/mol. The Labute approximate surface area is 103 Å². The third-order valence-electron chi connectivity index (χ3n) is 1.18. The predicted molar refractivity (Wildman–Crippen MR) is 67.3 cm³/mol. The van der Waals surface area contributed by atoms with Gasteiger partial charge in [-0.2, -0.15) is 0 Å². The summed E-state index contributed by atoms with van der Waals surface area (Å²) in [5, 5.41) is 0.854. The van der Waals surface area contributed by atoms with Crippen molar-refractivity contribution in [2.45, 2.75) is 0 Å². The van der Waals surface area contributed by atoms with Crippen LogP contribution in [0.2, 0.25) is 10.0 Å². The molecule has 0 saturated carbocycles. The first-order chi connectivity index (χ1) is 5.61. The highest BCUT2D eigenvalue weighted by atomic mass is 127. The molecule has 72 valence electrons. The van der Waals surface area contributed by atoms with Crippen molar-refractivity contribution < 1.29 is 0 Å². The molecule has 0 bridgehead atoms. The highest BCUT2D eigenvalue weighted by Gasteiger charge is 2.02. The van der Waals surface area contributed by atoms with Gasteiger partial charge in [-0.3, -0.25) is 0 Å². The van der Waals surface area contributed by atoms with E-state index in [-0.39, 0.29) is 29.9 Å². The van der Waals surface area contributed by atoms with Crippen LogP contribution in [0.1, 0.15) is 0 Å². The van der Waals surface area contributed by atoms with E-state index < -0.39 is 0 Å². The maximum atomic E-state index is 5.77. The fourth-order valence-electron chi connectivity index (χ4n) is 0.725. The van der Waals surface area contributed by atoms with Gasteiger partial charge in [-0.25, -0.2) is 4.99 Å². The molecule has 1 aromatic rings. The molecule has 6 heteroatoms. The van der Waals surface area contributed by atoms with E-state index in [1.54, 1.807) is 18.2 Å². The van der Waals surface area contributed by atoms with Crippen LogP contribution >= 0.6 is 47.2 Å². The third kappa shape index (κ3) is 3.58. The SMILES string of the molecule is I.NC(N)=Nc1c(Cl)cccc1Cl. The fraction of sp³-hybridized carbons (Fsp3) is 0. The number of guanidine groups is 1. The molecule has 13 heavy (non-hydrogen) atoms. The summed E-state index contributed by atoms with van der Waals surface area (Å²) in [6.07, 6.45) is 0. The minimum absolute atomic E-state index is 0. The zero-order chi connectivity index (χ0) is 9.14. The lowest BCUT2D eigenvalue weighted by Gasteiger charge is -2.00. The largest absolute Gasteiger partial charge is 0.370 e. The Balaban J connectivity index is 0.00000144. The first-order valence-corrected chi connectivity index (χ1v) is 3.90. The number of para-hydroxylation sites is 1. The van der Waals surface area contributed by atoms with Gasteiger partial charge in [-0.1, -0.05) is 29.3 Å². The highest BCUT2D eigenvalue weighted by molar-refractivity contribution is 14.0. The standard InChI is InChI=1S/C7H7Cl2N3.HI/c8-4-2-1-3-5(9)6(4)12-7(10)11;/h1-3H,(H4,10,11,12);1H. The predicted octanol–water partition coefficient (Wildman–Crippen LogP) is 2.52. The van der Waals surface area contributed by atoms with Gasteiger partial charge in [-0.15, -0.1) is 24.0 Å². The minimum atomic E-state index is -0.0648. The lowest BCUT2D eigenvalue weighted by molar-refractivity contribution is 1.42. The summed E-state index contributed by atoms with van der Waals surface area (Å²) in [5.74, 6) is -0.0648. The first kappa shape index (κ1) is 12.8. The normalized spacial score (nSPS) is 8.77. The zero-order valence-corrected chi connectivity index (χ0v) is 10.3. The average Bonchev–Trinajstić information content (AvgIpc) is 1.97. The molecule has 1 aromatic carbocycles. The number of halogens is 3. The van der Waals surface area contributed by atoms with Gasteiger partial charge in [0.15, 0.2) is 5.96 Å². The number of hydrogen-bond donors (Lipinski definition) is 2. The second-order valence-corrected chi connectivity index (χ2v) is 2.92. The molecule has 0 atom stereocenters. The van der Waals surface area contributed by atoms with Crippen LogP contribution in [0.15, 0.2) is 23.2 Å². The Morgan fingerprint density at radius 2 is 1.62 bits per heavy atom. The number of nitrogens with two attached hydrogens (primary N) is 2. The molecule has 0 spiro atoms. The molecular weight excluding hydrogens is 324 g/mol. The molecule has 0 aliphatic rings. The van der Waals surface area contributed by atoms with E-state index in [4.69, 9.17) is 34.7 Å². The maximum absolute atomic E-state index is 5.77. The van der Waals surface area contributed by atoms with Gasteiger partial charge in [-0.05, 0) is 12.1 Å². The van der Waals surface area contributed by atoms with Crippen LogP contribution in [-0.4, -0.2) is 5.96 Å². The third-order valence-corrected chi connectivity index (χ3v) is 1.79. The summed E-state index contributed by atoms with van der Waals surface area (Å²) < 4.78 is 0. The summed E-state index contributed by atoms with van der Waals surface area (Å²) in [6, 6.07) is 5.04. The van der Waals surface area contributed by atoms with Gasteiger partial charge in [0.2, 0.25) is 0 Å². The smallest absolute Gasteiger partial charge is 0.191 e. The van der Waals surface area contributed by atoms with E-state index in [0.717, 1.165) is 0 Å². The lowest BCUT2D eigenvalue weighted by Crippen LogP contribution is -2.21. The van der Waals surface area contributed by atoms with Crippen LogP contribution in [-0.2, 0) is 0 Å². The highest BCUT2D eigenvalue weighted by Crippen LogP contribution is 2.32.